The molecule has 1 unspecified atom stereocenters. The van der Waals surface area contributed by atoms with Gasteiger partial charge in [-0.2, -0.15) is 5.10 Å². The van der Waals surface area contributed by atoms with Gasteiger partial charge in [0.1, 0.15) is 12.2 Å². The molecule has 0 spiro atoms. The molecule has 1 aromatic heterocycles. The molecule has 1 amide bonds. The van der Waals surface area contributed by atoms with Gasteiger partial charge >= 0.3 is 0 Å². The number of H-pyrrole nitrogens is 1. The second kappa shape index (κ2) is 6.68. The van der Waals surface area contributed by atoms with E-state index in [4.69, 9.17) is 0 Å². The largest absolute Gasteiger partial charge is 0.356 e. The highest BCUT2D eigenvalue weighted by Gasteiger charge is 2.13. The zero-order valence-corrected chi connectivity index (χ0v) is 11.0. The Balaban J connectivity index is 1.72. The Bertz CT molecular complexity index is 495. The van der Waals surface area contributed by atoms with Gasteiger partial charge in [-0.15, -0.1) is 0 Å². The first-order valence-corrected chi connectivity index (χ1v) is 6.44. The third kappa shape index (κ3) is 3.91. The molecule has 1 atom stereocenters. The lowest BCUT2D eigenvalue weighted by Crippen LogP contribution is -2.29. The molecule has 0 fully saturated rings. The van der Waals surface area contributed by atoms with Gasteiger partial charge in [-0.3, -0.25) is 9.89 Å². The van der Waals surface area contributed by atoms with E-state index in [2.05, 4.69) is 20.5 Å². The standard InChI is InChI=1S/C14H18N4O/c1-11(12-6-3-2-4-7-12)14(19)15-9-5-8-13-16-10-17-18-13/h2-4,6-7,10-11H,5,8-9H2,1H3,(H,15,19)(H,16,17,18). The highest BCUT2D eigenvalue weighted by molar-refractivity contribution is 5.83. The Labute approximate surface area is 112 Å². The number of benzene rings is 1. The van der Waals surface area contributed by atoms with E-state index < -0.39 is 0 Å². The van der Waals surface area contributed by atoms with Crippen molar-refractivity contribution in [1.82, 2.24) is 20.5 Å². The summed E-state index contributed by atoms with van der Waals surface area (Å²) in [5, 5.41) is 9.52. The Morgan fingerprint density at radius 3 is 2.84 bits per heavy atom. The summed E-state index contributed by atoms with van der Waals surface area (Å²) < 4.78 is 0. The third-order valence-electron chi connectivity index (χ3n) is 3.05. The number of amides is 1. The first kappa shape index (κ1) is 13.3. The predicted octanol–water partition coefficient (Wildman–Crippen LogP) is 1.66. The van der Waals surface area contributed by atoms with Gasteiger partial charge in [0.15, 0.2) is 0 Å². The van der Waals surface area contributed by atoms with Crippen molar-refractivity contribution in [2.45, 2.75) is 25.7 Å². The SMILES string of the molecule is CC(C(=O)NCCCc1ncn[nH]1)c1ccccc1. The summed E-state index contributed by atoms with van der Waals surface area (Å²) in [5.41, 5.74) is 1.04. The predicted molar refractivity (Wildman–Crippen MR) is 72.6 cm³/mol. The smallest absolute Gasteiger partial charge is 0.227 e. The highest BCUT2D eigenvalue weighted by atomic mass is 16.1. The van der Waals surface area contributed by atoms with Gasteiger partial charge in [-0.05, 0) is 18.9 Å². The number of carbonyl (C=O) groups excluding carboxylic acids is 1. The van der Waals surface area contributed by atoms with E-state index in [1.807, 2.05) is 37.3 Å². The molecule has 1 heterocycles. The van der Waals surface area contributed by atoms with Crippen molar-refractivity contribution in [2.24, 2.45) is 0 Å². The minimum absolute atomic E-state index is 0.0590. The fourth-order valence-corrected chi connectivity index (χ4v) is 1.86. The first-order chi connectivity index (χ1) is 9.27. The van der Waals surface area contributed by atoms with E-state index in [-0.39, 0.29) is 11.8 Å². The number of rotatable bonds is 6. The van der Waals surface area contributed by atoms with Crippen LogP contribution in [0.2, 0.25) is 0 Å². The molecule has 0 bridgehead atoms. The molecule has 0 radical (unpaired) electrons. The highest BCUT2D eigenvalue weighted by Crippen LogP contribution is 2.14. The van der Waals surface area contributed by atoms with Gasteiger partial charge in [0.05, 0.1) is 5.92 Å². The van der Waals surface area contributed by atoms with E-state index in [1.54, 1.807) is 0 Å². The Hall–Kier alpha value is -2.17. The van der Waals surface area contributed by atoms with Gasteiger partial charge in [0.2, 0.25) is 5.91 Å². The van der Waals surface area contributed by atoms with Crippen LogP contribution in [0.5, 0.6) is 0 Å². The van der Waals surface area contributed by atoms with Crippen LogP contribution in [0.1, 0.15) is 30.7 Å². The molecule has 0 saturated carbocycles. The van der Waals surface area contributed by atoms with Crippen LogP contribution in [0, 0.1) is 0 Å². The van der Waals surface area contributed by atoms with Crippen molar-refractivity contribution in [3.63, 3.8) is 0 Å². The molecular weight excluding hydrogens is 240 g/mol. The van der Waals surface area contributed by atoms with Gasteiger partial charge in [0, 0.05) is 13.0 Å². The Kier molecular flexibility index (Phi) is 4.66. The number of carbonyl (C=O) groups is 1. The molecule has 19 heavy (non-hydrogen) atoms. The minimum Gasteiger partial charge on any atom is -0.356 e. The zero-order chi connectivity index (χ0) is 13.5. The van der Waals surface area contributed by atoms with Crippen molar-refractivity contribution < 1.29 is 4.79 Å². The molecule has 0 aliphatic rings. The summed E-state index contributed by atoms with van der Waals surface area (Å²) in [5.74, 6) is 0.792. The molecule has 0 aliphatic carbocycles. The maximum atomic E-state index is 12.0. The number of nitrogens with one attached hydrogen (secondary N) is 2. The Morgan fingerprint density at radius 1 is 1.37 bits per heavy atom. The molecule has 5 heteroatoms. The zero-order valence-electron chi connectivity index (χ0n) is 11.0. The maximum absolute atomic E-state index is 12.0. The van der Waals surface area contributed by atoms with Gasteiger partial charge in [0.25, 0.3) is 0 Å². The lowest BCUT2D eigenvalue weighted by Gasteiger charge is -2.12. The summed E-state index contributed by atoms with van der Waals surface area (Å²) in [6.07, 6.45) is 3.13. The number of hydrogen-bond acceptors (Lipinski definition) is 3. The number of nitrogens with zero attached hydrogens (tertiary/aromatic N) is 2. The van der Waals surface area contributed by atoms with E-state index in [1.165, 1.54) is 6.33 Å². The fourth-order valence-electron chi connectivity index (χ4n) is 1.86. The van der Waals surface area contributed by atoms with E-state index in [0.29, 0.717) is 6.54 Å². The quantitative estimate of drug-likeness (QED) is 0.774. The summed E-state index contributed by atoms with van der Waals surface area (Å²) in [6.45, 7) is 2.57. The Morgan fingerprint density at radius 2 is 2.16 bits per heavy atom. The maximum Gasteiger partial charge on any atom is 0.227 e. The van der Waals surface area contributed by atoms with Crippen LogP contribution < -0.4 is 5.32 Å². The molecule has 2 aromatic rings. The minimum atomic E-state index is -0.119. The lowest BCUT2D eigenvalue weighted by molar-refractivity contribution is -0.122. The van der Waals surface area contributed by atoms with E-state index in [9.17, 15) is 4.79 Å². The summed E-state index contributed by atoms with van der Waals surface area (Å²) in [6, 6.07) is 9.79. The van der Waals surface area contributed by atoms with Gasteiger partial charge in [-0.1, -0.05) is 30.3 Å². The van der Waals surface area contributed by atoms with Gasteiger partial charge in [-0.25, -0.2) is 4.98 Å². The average Bonchev–Trinajstić information content (AvgIpc) is 2.96. The molecule has 100 valence electrons. The summed E-state index contributed by atoms with van der Waals surface area (Å²) >= 11 is 0. The lowest BCUT2D eigenvalue weighted by atomic mass is 10.0. The van der Waals surface area contributed by atoms with Crippen LogP contribution in [0.25, 0.3) is 0 Å². The van der Waals surface area contributed by atoms with Gasteiger partial charge < -0.3 is 5.32 Å². The summed E-state index contributed by atoms with van der Waals surface area (Å²) in [7, 11) is 0. The normalized spacial score (nSPS) is 12.1. The van der Waals surface area contributed by atoms with Crippen LogP contribution in [-0.2, 0) is 11.2 Å². The van der Waals surface area contributed by atoms with Crippen LogP contribution in [0.4, 0.5) is 0 Å². The average molecular weight is 258 g/mol. The summed E-state index contributed by atoms with van der Waals surface area (Å²) in [4.78, 5) is 16.0. The number of hydrogen-bond donors (Lipinski definition) is 2. The number of aromatic amines is 1. The fraction of sp³-hybridized carbons (Fsp3) is 0.357. The van der Waals surface area contributed by atoms with Crippen LogP contribution in [0.3, 0.4) is 0 Å². The van der Waals surface area contributed by atoms with E-state index >= 15 is 0 Å². The molecular formula is C14H18N4O. The van der Waals surface area contributed by atoms with Crippen molar-refractivity contribution in [1.29, 1.82) is 0 Å². The molecule has 0 saturated heterocycles. The molecule has 2 N–H and O–H groups in total. The molecule has 0 aliphatic heterocycles. The van der Waals surface area contributed by atoms with Crippen molar-refractivity contribution >= 4 is 5.91 Å². The van der Waals surface area contributed by atoms with Crippen LogP contribution >= 0.6 is 0 Å². The second-order valence-electron chi connectivity index (χ2n) is 4.46. The monoisotopic (exact) mass is 258 g/mol. The van der Waals surface area contributed by atoms with E-state index in [0.717, 1.165) is 24.2 Å². The van der Waals surface area contributed by atoms with Crippen LogP contribution in [-0.4, -0.2) is 27.6 Å². The van der Waals surface area contributed by atoms with Crippen molar-refractivity contribution in [3.05, 3.63) is 48.0 Å². The van der Waals surface area contributed by atoms with Crippen LogP contribution in [0.15, 0.2) is 36.7 Å². The van der Waals surface area contributed by atoms with Crippen molar-refractivity contribution in [3.8, 4) is 0 Å². The second-order valence-corrected chi connectivity index (χ2v) is 4.46. The molecule has 2 rings (SSSR count). The molecule has 1 aromatic carbocycles. The first-order valence-electron chi connectivity index (χ1n) is 6.44. The number of aromatic nitrogens is 3. The molecule has 5 nitrogen and oxygen atoms in total. The number of aryl methyl sites for hydroxylation is 1. The topological polar surface area (TPSA) is 70.7 Å². The van der Waals surface area contributed by atoms with Crippen molar-refractivity contribution in [2.75, 3.05) is 6.54 Å². The third-order valence-corrected chi connectivity index (χ3v) is 3.05.